The molecule has 0 aliphatic carbocycles. The van der Waals surface area contributed by atoms with Gasteiger partial charge in [0.15, 0.2) is 11.2 Å². The fourth-order valence-electron chi connectivity index (χ4n) is 3.06. The Kier molecular flexibility index (Phi) is 5.15. The summed E-state index contributed by atoms with van der Waals surface area (Å²) in [5.74, 6) is -0.425. The second-order valence-electron chi connectivity index (χ2n) is 6.51. The van der Waals surface area contributed by atoms with Crippen molar-refractivity contribution >= 4 is 32.8 Å². The molecule has 2 aromatic heterocycles. The molecule has 3 aromatic rings. The molecular weight excluding hydrogens is 400 g/mol. The summed E-state index contributed by atoms with van der Waals surface area (Å²) in [7, 11) is -0.983. The van der Waals surface area contributed by atoms with E-state index in [4.69, 9.17) is 5.14 Å². The summed E-state index contributed by atoms with van der Waals surface area (Å²) < 4.78 is 26.3. The third-order valence-corrected chi connectivity index (χ3v) is 5.58. The zero-order valence-corrected chi connectivity index (χ0v) is 16.8. The molecule has 1 amide bonds. The third-order valence-electron chi connectivity index (χ3n) is 4.65. The molecule has 0 aliphatic rings. The minimum atomic E-state index is -3.84. The number of hydrogen-bond donors (Lipinski definition) is 2. The maximum Gasteiger partial charge on any atom is 0.332 e. The summed E-state index contributed by atoms with van der Waals surface area (Å²) >= 11 is 0. The lowest BCUT2D eigenvalue weighted by molar-refractivity contribution is -0.119. The van der Waals surface area contributed by atoms with Gasteiger partial charge in [-0.25, -0.2) is 23.3 Å². The summed E-state index contributed by atoms with van der Waals surface area (Å²) in [6.45, 7) is 1.77. The number of imidazole rings is 1. The number of carbonyl (C=O) groups is 1. The van der Waals surface area contributed by atoms with Crippen molar-refractivity contribution in [2.24, 2.45) is 19.2 Å². The zero-order chi connectivity index (χ0) is 21.5. The van der Waals surface area contributed by atoms with Crippen LogP contribution in [0, 0.1) is 0 Å². The lowest BCUT2D eigenvalue weighted by atomic mass is 10.2. The van der Waals surface area contributed by atoms with Crippen LogP contribution in [0.4, 0.5) is 5.69 Å². The number of aromatic nitrogens is 4. The monoisotopic (exact) mass is 420 g/mol. The summed E-state index contributed by atoms with van der Waals surface area (Å²) in [6.07, 6.45) is 1.70. The van der Waals surface area contributed by atoms with E-state index in [9.17, 15) is 22.8 Å². The van der Waals surface area contributed by atoms with Crippen LogP contribution in [0.2, 0.25) is 0 Å². The van der Waals surface area contributed by atoms with Gasteiger partial charge >= 0.3 is 5.69 Å². The topological polar surface area (TPSA) is 151 Å². The SMILES string of the molecule is CC[C@H](C(=O)Nc1ccc(S(N)(=O)=O)cc1)n1cnc2c1c(=O)n(C)c(=O)n2C. The molecule has 0 fully saturated rings. The fourth-order valence-corrected chi connectivity index (χ4v) is 3.58. The van der Waals surface area contributed by atoms with Crippen molar-refractivity contribution < 1.29 is 13.2 Å². The van der Waals surface area contributed by atoms with Crippen molar-refractivity contribution in [3.63, 3.8) is 0 Å². The van der Waals surface area contributed by atoms with Crippen LogP contribution in [0.15, 0.2) is 45.1 Å². The number of hydrogen-bond acceptors (Lipinski definition) is 6. The molecule has 2 heterocycles. The van der Waals surface area contributed by atoms with Crippen molar-refractivity contribution in [3.05, 3.63) is 51.4 Å². The first-order valence-electron chi connectivity index (χ1n) is 8.62. The van der Waals surface area contributed by atoms with E-state index < -0.39 is 33.2 Å². The molecule has 0 radical (unpaired) electrons. The number of anilines is 1. The number of sulfonamides is 1. The number of primary sulfonamides is 1. The predicted octanol–water partition coefficient (Wildman–Crippen LogP) is -0.329. The normalized spacial score (nSPS) is 12.8. The Labute approximate surface area is 165 Å². The Balaban J connectivity index is 1.99. The highest BCUT2D eigenvalue weighted by Gasteiger charge is 2.24. The van der Waals surface area contributed by atoms with Gasteiger partial charge in [0.1, 0.15) is 6.04 Å². The molecular formula is C17H20N6O5S. The Hall–Kier alpha value is -3.25. The average Bonchev–Trinajstić information content (AvgIpc) is 3.10. The largest absolute Gasteiger partial charge is 0.332 e. The number of nitrogens with zero attached hydrogens (tertiary/aromatic N) is 4. The molecule has 0 saturated heterocycles. The van der Waals surface area contributed by atoms with Crippen molar-refractivity contribution in [2.45, 2.75) is 24.3 Å². The van der Waals surface area contributed by atoms with Crippen LogP contribution in [-0.2, 0) is 28.9 Å². The Morgan fingerprint density at radius 1 is 1.17 bits per heavy atom. The summed E-state index contributed by atoms with van der Waals surface area (Å²) in [5.41, 5.74) is -0.377. The predicted molar refractivity (Wildman–Crippen MR) is 106 cm³/mol. The van der Waals surface area contributed by atoms with Gasteiger partial charge in [-0.1, -0.05) is 6.92 Å². The molecule has 29 heavy (non-hydrogen) atoms. The van der Waals surface area contributed by atoms with Crippen molar-refractivity contribution in [3.8, 4) is 0 Å². The van der Waals surface area contributed by atoms with Crippen molar-refractivity contribution in [1.29, 1.82) is 0 Å². The lowest BCUT2D eigenvalue weighted by Gasteiger charge is -2.17. The van der Waals surface area contributed by atoms with E-state index in [1.54, 1.807) is 6.92 Å². The lowest BCUT2D eigenvalue weighted by Crippen LogP contribution is -2.38. The number of amides is 1. The first kappa shape index (κ1) is 20.5. The van der Waals surface area contributed by atoms with Crippen LogP contribution < -0.4 is 21.7 Å². The molecule has 11 nitrogen and oxygen atoms in total. The number of aryl methyl sites for hydroxylation is 1. The first-order chi connectivity index (χ1) is 13.6. The standard InChI is InChI=1S/C17H20N6O5S/c1-4-12(15(24)20-10-5-7-11(8-6-10)29(18,27)28)23-9-19-14-13(23)16(25)22(3)17(26)21(14)2/h5-9,12H,4H2,1-3H3,(H,20,24)(H2,18,27,28)/t12-/m1/s1. The van der Waals surface area contributed by atoms with Crippen LogP contribution in [0.25, 0.3) is 11.2 Å². The fraction of sp³-hybridized carbons (Fsp3) is 0.294. The highest BCUT2D eigenvalue weighted by molar-refractivity contribution is 7.89. The summed E-state index contributed by atoms with van der Waals surface area (Å²) in [5, 5.41) is 7.75. The van der Waals surface area contributed by atoms with Crippen LogP contribution in [0.1, 0.15) is 19.4 Å². The smallest absolute Gasteiger partial charge is 0.324 e. The Bertz CT molecular complexity index is 1320. The van der Waals surface area contributed by atoms with Crippen LogP contribution in [-0.4, -0.2) is 33.0 Å². The summed E-state index contributed by atoms with van der Waals surface area (Å²) in [4.78, 5) is 41.6. The van der Waals surface area contributed by atoms with Crippen molar-refractivity contribution in [1.82, 2.24) is 18.7 Å². The average molecular weight is 420 g/mol. The molecule has 0 aliphatic heterocycles. The van der Waals surface area contributed by atoms with Gasteiger partial charge in [0, 0.05) is 19.8 Å². The van der Waals surface area contributed by atoms with E-state index >= 15 is 0 Å². The minimum Gasteiger partial charge on any atom is -0.324 e. The first-order valence-corrected chi connectivity index (χ1v) is 10.2. The quantitative estimate of drug-likeness (QED) is 0.577. The van der Waals surface area contributed by atoms with Gasteiger partial charge in [-0.3, -0.25) is 18.7 Å². The van der Waals surface area contributed by atoms with E-state index in [1.807, 2.05) is 0 Å². The van der Waals surface area contributed by atoms with Crippen molar-refractivity contribution in [2.75, 3.05) is 5.32 Å². The molecule has 1 atom stereocenters. The van der Waals surface area contributed by atoms with E-state index in [0.717, 1.165) is 4.57 Å². The number of benzene rings is 1. The molecule has 0 unspecified atom stereocenters. The van der Waals surface area contributed by atoms with E-state index in [-0.39, 0.29) is 16.1 Å². The van der Waals surface area contributed by atoms with Gasteiger partial charge < -0.3 is 9.88 Å². The molecule has 1 aromatic carbocycles. The third kappa shape index (κ3) is 3.59. The van der Waals surface area contributed by atoms with Gasteiger partial charge in [-0.05, 0) is 30.7 Å². The second kappa shape index (κ2) is 7.29. The van der Waals surface area contributed by atoms with Crippen LogP contribution in [0.3, 0.4) is 0 Å². The van der Waals surface area contributed by atoms with Gasteiger partial charge in [0.05, 0.1) is 11.2 Å². The number of fused-ring (bicyclic) bond motifs is 1. The minimum absolute atomic E-state index is 0.0763. The molecule has 154 valence electrons. The Morgan fingerprint density at radius 2 is 1.79 bits per heavy atom. The maximum atomic E-state index is 12.8. The Morgan fingerprint density at radius 3 is 2.34 bits per heavy atom. The number of nitrogens with two attached hydrogens (primary N) is 1. The van der Waals surface area contributed by atoms with Gasteiger partial charge in [0.2, 0.25) is 15.9 Å². The maximum absolute atomic E-state index is 12.8. The van der Waals surface area contributed by atoms with E-state index in [2.05, 4.69) is 10.3 Å². The zero-order valence-electron chi connectivity index (χ0n) is 16.0. The highest BCUT2D eigenvalue weighted by atomic mass is 32.2. The second-order valence-corrected chi connectivity index (χ2v) is 8.07. The summed E-state index contributed by atoms with van der Waals surface area (Å²) in [6, 6.07) is 4.62. The van der Waals surface area contributed by atoms with Gasteiger partial charge in [-0.2, -0.15) is 0 Å². The molecule has 3 N–H and O–H groups in total. The number of rotatable bonds is 5. The van der Waals surface area contributed by atoms with Crippen LogP contribution in [0.5, 0.6) is 0 Å². The van der Waals surface area contributed by atoms with Crippen LogP contribution >= 0.6 is 0 Å². The molecule has 3 rings (SSSR count). The number of nitrogens with one attached hydrogen (secondary N) is 1. The molecule has 12 heteroatoms. The highest BCUT2D eigenvalue weighted by Crippen LogP contribution is 2.20. The molecule has 0 spiro atoms. The van der Waals surface area contributed by atoms with E-state index in [0.29, 0.717) is 12.1 Å². The molecule has 0 bridgehead atoms. The van der Waals surface area contributed by atoms with E-state index in [1.165, 1.54) is 53.8 Å². The molecule has 0 saturated carbocycles. The van der Waals surface area contributed by atoms with Gasteiger partial charge in [-0.15, -0.1) is 0 Å². The number of carbonyl (C=O) groups excluding carboxylic acids is 1. The van der Waals surface area contributed by atoms with Gasteiger partial charge in [0.25, 0.3) is 5.56 Å².